The summed E-state index contributed by atoms with van der Waals surface area (Å²) in [7, 11) is 0. The summed E-state index contributed by atoms with van der Waals surface area (Å²) < 4.78 is 1.65. The molecule has 3 atom stereocenters. The zero-order chi connectivity index (χ0) is 14.4. The number of aliphatic hydroxyl groups is 3. The molecule has 3 unspecified atom stereocenters. The third-order valence-electron chi connectivity index (χ3n) is 3.50. The lowest BCUT2D eigenvalue weighted by molar-refractivity contribution is 0.0288. The molecule has 5 N–H and O–H groups in total. The maximum Gasteiger partial charge on any atom is 0.153 e. The van der Waals surface area contributed by atoms with Gasteiger partial charge < -0.3 is 25.6 Å². The van der Waals surface area contributed by atoms with Gasteiger partial charge in [0.05, 0.1) is 24.5 Å². The second kappa shape index (κ2) is 4.71. The van der Waals surface area contributed by atoms with E-state index in [9.17, 15) is 10.2 Å². The van der Waals surface area contributed by atoms with Crippen LogP contribution in [0.3, 0.4) is 0 Å². The Kier molecular flexibility index (Phi) is 3.14. The summed E-state index contributed by atoms with van der Waals surface area (Å²) in [6, 6.07) is 1.04. The van der Waals surface area contributed by atoms with Crippen molar-refractivity contribution >= 4 is 28.5 Å². The normalized spacial score (nSPS) is 26.2. The zero-order valence-corrected chi connectivity index (χ0v) is 11.1. The highest BCUT2D eigenvalue weighted by Crippen LogP contribution is 2.33. The van der Waals surface area contributed by atoms with E-state index in [1.807, 2.05) is 0 Å². The Morgan fingerprint density at radius 1 is 1.40 bits per heavy atom. The number of aliphatic hydroxyl groups excluding tert-OH is 3. The Labute approximate surface area is 118 Å². The van der Waals surface area contributed by atoms with E-state index in [0.29, 0.717) is 16.6 Å². The van der Waals surface area contributed by atoms with Gasteiger partial charge in [0.15, 0.2) is 5.82 Å². The van der Waals surface area contributed by atoms with E-state index in [2.05, 4.69) is 9.97 Å². The molecule has 1 aliphatic rings. The lowest BCUT2D eigenvalue weighted by atomic mass is 10.1. The van der Waals surface area contributed by atoms with Crippen molar-refractivity contribution in [2.45, 2.75) is 18.2 Å². The van der Waals surface area contributed by atoms with E-state index in [4.69, 9.17) is 22.4 Å². The number of nitrogens with two attached hydrogens (primary N) is 1. The molecular weight excluding hydrogens is 284 g/mol. The minimum atomic E-state index is -1.10. The zero-order valence-electron chi connectivity index (χ0n) is 10.3. The number of fused-ring (bicyclic) bond motifs is 1. The predicted molar refractivity (Wildman–Crippen MR) is 73.2 cm³/mol. The van der Waals surface area contributed by atoms with Crippen molar-refractivity contribution in [3.63, 3.8) is 0 Å². The van der Waals surface area contributed by atoms with Crippen molar-refractivity contribution in [2.75, 3.05) is 12.3 Å². The topological polar surface area (TPSA) is 117 Å². The highest BCUT2D eigenvalue weighted by Gasteiger charge is 2.36. The number of hydrogen-bond acceptors (Lipinski definition) is 6. The third-order valence-corrected chi connectivity index (χ3v) is 3.69. The van der Waals surface area contributed by atoms with Crippen molar-refractivity contribution in [3.8, 4) is 0 Å². The maximum absolute atomic E-state index is 10.1. The van der Waals surface area contributed by atoms with Gasteiger partial charge in [-0.15, -0.1) is 0 Å². The standard InChI is InChI=1S/C12H13ClN4O3/c13-8-2-6-9(12(14)16-8)15-4-17(6)7-1-5(3-18)10(19)11(7)20/h1-2,4,7,10-11,18-20H,3H2,(H2,14,16). The second-order valence-corrected chi connectivity index (χ2v) is 5.06. The molecule has 0 fully saturated rings. The van der Waals surface area contributed by atoms with Crippen LogP contribution in [0.4, 0.5) is 5.82 Å². The van der Waals surface area contributed by atoms with Gasteiger partial charge in [0.25, 0.3) is 0 Å². The summed E-state index contributed by atoms with van der Waals surface area (Å²) in [6.07, 6.45) is 0.942. The Hall–Kier alpha value is -1.67. The van der Waals surface area contributed by atoms with Crippen LogP contribution in [0.1, 0.15) is 6.04 Å². The molecule has 0 aromatic carbocycles. The van der Waals surface area contributed by atoms with Crippen LogP contribution in [0.15, 0.2) is 24.0 Å². The van der Waals surface area contributed by atoms with Crippen LogP contribution in [0, 0.1) is 0 Å². The summed E-state index contributed by atoms with van der Waals surface area (Å²) in [4.78, 5) is 8.05. The molecule has 106 valence electrons. The van der Waals surface area contributed by atoms with Crippen molar-refractivity contribution < 1.29 is 15.3 Å². The van der Waals surface area contributed by atoms with Gasteiger partial charge in [0.2, 0.25) is 0 Å². The highest BCUT2D eigenvalue weighted by atomic mass is 35.5. The Morgan fingerprint density at radius 2 is 2.15 bits per heavy atom. The summed E-state index contributed by atoms with van der Waals surface area (Å²) in [5, 5.41) is 29.3. The molecular formula is C12H13ClN4O3. The molecule has 1 aliphatic carbocycles. The first-order valence-electron chi connectivity index (χ1n) is 5.99. The highest BCUT2D eigenvalue weighted by molar-refractivity contribution is 6.30. The Morgan fingerprint density at radius 3 is 2.80 bits per heavy atom. The smallest absolute Gasteiger partial charge is 0.153 e. The molecule has 2 aromatic heterocycles. The molecule has 0 spiro atoms. The number of anilines is 1. The van der Waals surface area contributed by atoms with E-state index in [0.717, 1.165) is 0 Å². The fourth-order valence-corrected chi connectivity index (χ4v) is 2.67. The minimum absolute atomic E-state index is 0.200. The van der Waals surface area contributed by atoms with Crippen LogP contribution in [0.25, 0.3) is 11.0 Å². The predicted octanol–water partition coefficient (Wildman–Crippen LogP) is -0.138. The van der Waals surface area contributed by atoms with Gasteiger partial charge in [0, 0.05) is 6.07 Å². The average Bonchev–Trinajstić information content (AvgIpc) is 2.93. The summed E-state index contributed by atoms with van der Waals surface area (Å²) in [5.74, 6) is 0.200. The number of halogens is 1. The van der Waals surface area contributed by atoms with Gasteiger partial charge in [-0.05, 0) is 5.57 Å². The number of nitrogen functional groups attached to an aromatic ring is 1. The summed E-state index contributed by atoms with van der Waals surface area (Å²) >= 11 is 5.88. The van der Waals surface area contributed by atoms with Gasteiger partial charge in [-0.25, -0.2) is 9.97 Å². The number of aromatic nitrogens is 3. The SMILES string of the molecule is Nc1nc(Cl)cc2c1ncn2C1C=C(CO)C(O)C1O. The van der Waals surface area contributed by atoms with Crippen molar-refractivity contribution in [1.82, 2.24) is 14.5 Å². The van der Waals surface area contributed by atoms with Crippen LogP contribution in [0.2, 0.25) is 5.15 Å². The first-order chi connectivity index (χ1) is 9.52. The van der Waals surface area contributed by atoms with Gasteiger partial charge in [0.1, 0.15) is 22.9 Å². The van der Waals surface area contributed by atoms with Crippen molar-refractivity contribution in [3.05, 3.63) is 29.2 Å². The van der Waals surface area contributed by atoms with Crippen molar-refractivity contribution in [2.24, 2.45) is 0 Å². The Bertz CT molecular complexity index is 699. The van der Waals surface area contributed by atoms with Crippen LogP contribution >= 0.6 is 11.6 Å². The fraction of sp³-hybridized carbons (Fsp3) is 0.333. The monoisotopic (exact) mass is 296 g/mol. The molecule has 0 aliphatic heterocycles. The van der Waals surface area contributed by atoms with Crippen LogP contribution in [-0.2, 0) is 0 Å². The molecule has 3 rings (SSSR count). The maximum atomic E-state index is 10.1. The van der Waals surface area contributed by atoms with Gasteiger partial charge >= 0.3 is 0 Å². The second-order valence-electron chi connectivity index (χ2n) is 4.68. The van der Waals surface area contributed by atoms with Gasteiger partial charge in [-0.1, -0.05) is 17.7 Å². The van der Waals surface area contributed by atoms with E-state index >= 15 is 0 Å². The molecule has 20 heavy (non-hydrogen) atoms. The van der Waals surface area contributed by atoms with Crippen LogP contribution in [0.5, 0.6) is 0 Å². The number of imidazole rings is 1. The average molecular weight is 297 g/mol. The van der Waals surface area contributed by atoms with Gasteiger partial charge in [-0.2, -0.15) is 0 Å². The van der Waals surface area contributed by atoms with E-state index in [1.54, 1.807) is 16.7 Å². The number of hydrogen-bond donors (Lipinski definition) is 4. The van der Waals surface area contributed by atoms with E-state index in [-0.39, 0.29) is 17.6 Å². The van der Waals surface area contributed by atoms with Gasteiger partial charge in [-0.3, -0.25) is 0 Å². The molecule has 0 saturated carbocycles. The van der Waals surface area contributed by atoms with E-state index in [1.165, 1.54) is 6.33 Å². The van der Waals surface area contributed by atoms with Crippen LogP contribution < -0.4 is 5.73 Å². The lowest BCUT2D eigenvalue weighted by Crippen LogP contribution is -2.29. The molecule has 0 bridgehead atoms. The van der Waals surface area contributed by atoms with Crippen molar-refractivity contribution in [1.29, 1.82) is 0 Å². The van der Waals surface area contributed by atoms with Crippen LogP contribution in [-0.4, -0.2) is 48.7 Å². The summed E-state index contributed by atoms with van der Waals surface area (Å²) in [5.41, 5.74) is 7.20. The lowest BCUT2D eigenvalue weighted by Gasteiger charge is -2.19. The molecule has 0 radical (unpaired) electrons. The molecule has 0 saturated heterocycles. The minimum Gasteiger partial charge on any atom is -0.392 e. The molecule has 2 aromatic rings. The fourth-order valence-electron chi connectivity index (χ4n) is 2.48. The molecule has 2 heterocycles. The third kappa shape index (κ3) is 1.87. The largest absolute Gasteiger partial charge is 0.392 e. The first kappa shape index (κ1) is 13.3. The van der Waals surface area contributed by atoms with E-state index < -0.39 is 18.2 Å². The molecule has 0 amide bonds. The quantitative estimate of drug-likeness (QED) is 0.453. The molecule has 7 nitrogen and oxygen atoms in total. The number of rotatable bonds is 2. The Balaban J connectivity index is 2.14. The number of pyridine rings is 1. The summed E-state index contributed by atoms with van der Waals surface area (Å²) in [6.45, 7) is -0.314. The molecule has 8 heteroatoms. The first-order valence-corrected chi connectivity index (χ1v) is 6.37. The number of nitrogens with zero attached hydrogens (tertiary/aromatic N) is 3.